The molecule has 10 N–H and O–H groups in total. The van der Waals surface area contributed by atoms with Gasteiger partial charge in [0.2, 0.25) is 0 Å². The zero-order valence-electron chi connectivity index (χ0n) is 26.5. The molecule has 0 aromatic rings. The van der Waals surface area contributed by atoms with Crippen LogP contribution in [0.2, 0.25) is 0 Å². The summed E-state index contributed by atoms with van der Waals surface area (Å²) in [4.78, 5) is 12.3. The van der Waals surface area contributed by atoms with Gasteiger partial charge in [0.05, 0.1) is 13.2 Å². The van der Waals surface area contributed by atoms with Crippen LogP contribution < -0.4 is 4.72 Å². The number of hydrogen-bond donors (Lipinski definition) is 10. The van der Waals surface area contributed by atoms with E-state index in [2.05, 4.69) is 12.5 Å². The summed E-state index contributed by atoms with van der Waals surface area (Å²) in [5, 5.41) is 52.9. The molecule has 0 aliphatic carbocycles. The summed E-state index contributed by atoms with van der Waals surface area (Å²) in [6.45, 7) is -2.44. The number of aliphatic hydroxyl groups excluding tert-OH is 4. The number of rotatable bonds is 17. The highest BCUT2D eigenvalue weighted by atomic mass is 32.3. The van der Waals surface area contributed by atoms with Gasteiger partial charge in [-0.1, -0.05) is 0 Å². The first-order valence-electron chi connectivity index (χ1n) is 14.1. The van der Waals surface area contributed by atoms with Gasteiger partial charge >= 0.3 is 47.5 Å². The minimum absolute atomic E-state index is 0.928. The highest BCUT2D eigenvalue weighted by Gasteiger charge is 2.57. The minimum atomic E-state index is -5.47. The lowest BCUT2D eigenvalue weighted by atomic mass is 9.95. The first kappa shape index (κ1) is 45.9. The molecule has 3 aliphatic rings. The van der Waals surface area contributed by atoms with Gasteiger partial charge in [0.15, 0.2) is 31.1 Å². The fraction of sp³-hybridized carbons (Fsp3) is 0.950. The number of carbonyl (C=O) groups is 1. The van der Waals surface area contributed by atoms with Crippen LogP contribution in [-0.4, -0.2) is 203 Å². The molecule has 29 nitrogen and oxygen atoms in total. The number of aliphatic carboxylic acids is 1. The second-order valence-corrected chi connectivity index (χ2v) is 15.4. The number of ether oxygens (including phenoxy) is 7. The molecule has 0 aromatic carbocycles. The Bertz CT molecular complexity index is 1690. The van der Waals surface area contributed by atoms with Crippen molar-refractivity contribution in [2.75, 3.05) is 27.4 Å². The minimum Gasteiger partial charge on any atom is -0.479 e. The molecule has 312 valence electrons. The number of methoxy groups -OCH3 is 2. The van der Waals surface area contributed by atoms with Crippen molar-refractivity contribution < 1.29 is 128 Å². The van der Waals surface area contributed by atoms with Gasteiger partial charge in [-0.25, -0.2) is 17.3 Å². The van der Waals surface area contributed by atoms with Gasteiger partial charge in [-0.15, -0.1) is 0 Å². The maximum atomic E-state index is 12.3. The first-order chi connectivity index (χ1) is 24.2. The SMILES string of the molecule is CO[C@@H]1[C@@H](OS(=O)(=O)O)[C@@H](O[C@H]2[C@H](O)[C@@H](O)[C@H](O[C@H]3[C@H](O)[C@@H](NS(=O)(=O)O)[C@@H](O)O[C@@H]3COS(=O)(=O)O)O[C@@H]2C(=O)O)O[C@H](COS(=O)(=O)O)[C@H]1OC. The average Bonchev–Trinajstić information content (AvgIpc) is 3.00. The topological polar surface area (TPSA) is 440 Å². The van der Waals surface area contributed by atoms with Crippen LogP contribution in [0.1, 0.15) is 0 Å². The Morgan fingerprint density at radius 1 is 0.623 bits per heavy atom. The van der Waals surface area contributed by atoms with Gasteiger partial charge in [0, 0.05) is 14.2 Å². The average molecular weight is 866 g/mol. The van der Waals surface area contributed by atoms with Gasteiger partial charge in [-0.3, -0.25) is 18.2 Å². The molecule has 3 heterocycles. The molecule has 53 heavy (non-hydrogen) atoms. The third-order valence-electron chi connectivity index (χ3n) is 7.48. The molecule has 3 rings (SSSR count). The van der Waals surface area contributed by atoms with Crippen molar-refractivity contribution in [2.24, 2.45) is 0 Å². The van der Waals surface area contributed by atoms with Crippen molar-refractivity contribution in [3.63, 3.8) is 0 Å². The summed E-state index contributed by atoms with van der Waals surface area (Å²) in [5.41, 5.74) is 0. The van der Waals surface area contributed by atoms with Crippen molar-refractivity contribution in [3.05, 3.63) is 0 Å². The Balaban J connectivity index is 1.97. The normalized spacial score (nSPS) is 39.1. The van der Waals surface area contributed by atoms with Gasteiger partial charge in [-0.05, 0) is 0 Å². The largest absolute Gasteiger partial charge is 0.479 e. The molecule has 0 saturated carbocycles. The number of carboxylic acid groups (broad SMARTS) is 1. The molecule has 3 aliphatic heterocycles. The van der Waals surface area contributed by atoms with E-state index >= 15 is 0 Å². The van der Waals surface area contributed by atoms with E-state index in [-0.39, 0.29) is 0 Å². The Morgan fingerprint density at radius 2 is 1.13 bits per heavy atom. The molecule has 0 amide bonds. The molecular formula is C20H35NO28S4. The lowest BCUT2D eigenvalue weighted by Gasteiger charge is -2.48. The molecule has 15 atom stereocenters. The van der Waals surface area contributed by atoms with Crippen LogP contribution in [0, 0.1) is 0 Å². The molecule has 0 radical (unpaired) electrons. The maximum absolute atomic E-state index is 12.3. The fourth-order valence-electron chi connectivity index (χ4n) is 5.37. The summed E-state index contributed by atoms with van der Waals surface area (Å²) >= 11 is 0. The Hall–Kier alpha value is -1.49. The maximum Gasteiger partial charge on any atom is 0.397 e. The van der Waals surface area contributed by atoms with Crippen LogP contribution in [-0.2, 0) is 92.0 Å². The molecule has 3 fully saturated rings. The monoisotopic (exact) mass is 865 g/mol. The Kier molecular flexibility index (Phi) is 15.4. The van der Waals surface area contributed by atoms with E-state index in [1.165, 1.54) is 4.72 Å². The van der Waals surface area contributed by atoms with E-state index in [1.807, 2.05) is 0 Å². The Labute approximate surface area is 299 Å². The fourth-order valence-corrected chi connectivity index (χ4v) is 7.06. The molecule has 0 bridgehead atoms. The van der Waals surface area contributed by atoms with Crippen molar-refractivity contribution >= 4 is 47.5 Å². The summed E-state index contributed by atoms with van der Waals surface area (Å²) in [6, 6.07) is -2.24. The summed E-state index contributed by atoms with van der Waals surface area (Å²) < 4.78 is 179. The smallest absolute Gasteiger partial charge is 0.397 e. The van der Waals surface area contributed by atoms with Crippen LogP contribution in [0.4, 0.5) is 0 Å². The van der Waals surface area contributed by atoms with E-state index in [0.717, 1.165) is 14.2 Å². The second-order valence-electron chi connectivity index (χ2n) is 11.0. The highest BCUT2D eigenvalue weighted by molar-refractivity contribution is 7.83. The van der Waals surface area contributed by atoms with Gasteiger partial charge in [-0.2, -0.15) is 38.4 Å². The van der Waals surface area contributed by atoms with Gasteiger partial charge in [0.25, 0.3) is 0 Å². The van der Waals surface area contributed by atoms with E-state index in [4.69, 9.17) is 46.8 Å². The Morgan fingerprint density at radius 3 is 1.58 bits per heavy atom. The highest BCUT2D eigenvalue weighted by Crippen LogP contribution is 2.35. The third-order valence-corrected chi connectivity index (χ3v) is 9.38. The predicted octanol–water partition coefficient (Wildman–Crippen LogP) is -7.29. The molecule has 0 spiro atoms. The number of hydrogen-bond acceptors (Lipinski definition) is 23. The van der Waals surface area contributed by atoms with E-state index in [9.17, 15) is 68.6 Å². The molecular weight excluding hydrogens is 830 g/mol. The molecule has 3 saturated heterocycles. The lowest BCUT2D eigenvalue weighted by Crippen LogP contribution is -2.68. The lowest BCUT2D eigenvalue weighted by molar-refractivity contribution is -0.367. The standard InChI is InChI=1S/C20H35NO28S4/c1-40-12-6(4-43-52(34,35)36)45-20(16(14(12)41-2)49-53(37,38)39)47-13-9(23)10(24)19(48-15(13)17(25)26)46-11-5(3-42-51(31,32)33)44-18(27)7(8(11)22)21-50(28,29)30/h5-16,18-24,27H,3-4H2,1-2H3,(H,25,26)(H,28,29,30)(H,31,32,33)(H,34,35,36)(H,37,38,39)/t5-,6-,7-,8-,9-,10-,11-,12-,13+,14+,15+,16-,18+,19-,20-/m1/s1. The number of carboxylic acids is 1. The van der Waals surface area contributed by atoms with Crippen molar-refractivity contribution in [1.29, 1.82) is 0 Å². The predicted molar refractivity (Wildman–Crippen MR) is 155 cm³/mol. The summed E-state index contributed by atoms with van der Waals surface area (Å²) in [6.07, 6.45) is -31.1. The van der Waals surface area contributed by atoms with E-state index in [1.54, 1.807) is 0 Å². The third kappa shape index (κ3) is 12.8. The van der Waals surface area contributed by atoms with Crippen LogP contribution >= 0.6 is 0 Å². The molecule has 0 aromatic heterocycles. The van der Waals surface area contributed by atoms with Crippen molar-refractivity contribution in [3.8, 4) is 0 Å². The second kappa shape index (κ2) is 17.8. The van der Waals surface area contributed by atoms with Crippen molar-refractivity contribution in [2.45, 2.75) is 92.1 Å². The quantitative estimate of drug-likeness (QED) is 0.0607. The summed E-state index contributed by atoms with van der Waals surface area (Å²) in [5.74, 6) is -2.05. The van der Waals surface area contributed by atoms with Gasteiger partial charge < -0.3 is 58.7 Å². The van der Waals surface area contributed by atoms with Crippen molar-refractivity contribution in [1.82, 2.24) is 4.72 Å². The van der Waals surface area contributed by atoms with Crippen LogP contribution in [0.5, 0.6) is 0 Å². The summed E-state index contributed by atoms with van der Waals surface area (Å²) in [7, 11) is -19.2. The van der Waals surface area contributed by atoms with Gasteiger partial charge in [0.1, 0.15) is 61.0 Å². The van der Waals surface area contributed by atoms with Crippen LogP contribution in [0.25, 0.3) is 0 Å². The van der Waals surface area contributed by atoms with Crippen LogP contribution in [0.15, 0.2) is 0 Å². The number of aliphatic hydroxyl groups is 4. The van der Waals surface area contributed by atoms with E-state index < -0.39 is 153 Å². The molecule has 0 unspecified atom stereocenters. The first-order valence-corrected chi connectivity index (χ1v) is 19.6. The van der Waals surface area contributed by atoms with E-state index in [0.29, 0.717) is 0 Å². The zero-order chi connectivity index (χ0) is 40.4. The zero-order valence-corrected chi connectivity index (χ0v) is 29.8. The molecule has 33 heteroatoms. The number of nitrogens with one attached hydrogen (secondary N) is 1. The van der Waals surface area contributed by atoms with Crippen LogP contribution in [0.3, 0.4) is 0 Å².